The van der Waals surface area contributed by atoms with Gasteiger partial charge in [0.25, 0.3) is 0 Å². The number of ether oxygens (including phenoxy) is 2. The zero-order chi connectivity index (χ0) is 11.9. The molecule has 0 bridgehead atoms. The van der Waals surface area contributed by atoms with Crippen LogP contribution in [-0.2, 0) is 11.4 Å². The van der Waals surface area contributed by atoms with Crippen LogP contribution in [0.4, 0.5) is 0 Å². The minimum Gasteiger partial charge on any atom is -0.489 e. The third-order valence-electron chi connectivity index (χ3n) is 3.67. The molecule has 1 heterocycles. The summed E-state index contributed by atoms with van der Waals surface area (Å²) in [6, 6.07) is 3.98. The monoisotopic (exact) mass is 235 g/mol. The van der Waals surface area contributed by atoms with Gasteiger partial charge < -0.3 is 9.47 Å². The number of fused-ring (bicyclic) bond motifs is 1. The Bertz CT molecular complexity index is 441. The highest BCUT2D eigenvalue weighted by atomic mass is 16.6. The Morgan fingerprint density at radius 1 is 1.24 bits per heavy atom. The maximum atomic E-state index is 5.85. The summed E-state index contributed by atoms with van der Waals surface area (Å²) in [5, 5.41) is 0. The zero-order valence-corrected chi connectivity index (χ0v) is 9.99. The van der Waals surface area contributed by atoms with Gasteiger partial charge in [0.2, 0.25) is 0 Å². The highest BCUT2D eigenvalue weighted by molar-refractivity contribution is 5.47. The van der Waals surface area contributed by atoms with Crippen molar-refractivity contribution < 1.29 is 14.3 Å². The second kappa shape index (κ2) is 3.89. The SMILES string of the molecule is Cc1cc2c(cc1CON)OCC1(CC1)CO2. The first-order valence-corrected chi connectivity index (χ1v) is 5.93. The van der Waals surface area contributed by atoms with Crippen molar-refractivity contribution in [3.8, 4) is 11.5 Å². The van der Waals surface area contributed by atoms with Crippen LogP contribution in [-0.4, -0.2) is 13.2 Å². The van der Waals surface area contributed by atoms with Crippen molar-refractivity contribution in [2.75, 3.05) is 13.2 Å². The molecule has 92 valence electrons. The number of rotatable bonds is 2. The van der Waals surface area contributed by atoms with Gasteiger partial charge in [0, 0.05) is 5.41 Å². The van der Waals surface area contributed by atoms with Gasteiger partial charge in [-0.1, -0.05) is 0 Å². The summed E-state index contributed by atoms with van der Waals surface area (Å²) in [4.78, 5) is 4.69. The predicted molar refractivity (Wildman–Crippen MR) is 62.8 cm³/mol. The first-order valence-electron chi connectivity index (χ1n) is 5.93. The molecule has 2 N–H and O–H groups in total. The molecule has 1 saturated carbocycles. The molecular formula is C13H17NO3. The molecule has 0 saturated heterocycles. The average molecular weight is 235 g/mol. The molecule has 17 heavy (non-hydrogen) atoms. The topological polar surface area (TPSA) is 53.7 Å². The van der Waals surface area contributed by atoms with Crippen molar-refractivity contribution in [1.29, 1.82) is 0 Å². The van der Waals surface area contributed by atoms with Crippen molar-refractivity contribution in [1.82, 2.24) is 0 Å². The number of benzene rings is 1. The number of nitrogens with two attached hydrogens (primary N) is 1. The van der Waals surface area contributed by atoms with Gasteiger partial charge in [-0.05, 0) is 43.0 Å². The van der Waals surface area contributed by atoms with Gasteiger partial charge in [0.05, 0.1) is 19.8 Å². The Morgan fingerprint density at radius 3 is 2.47 bits per heavy atom. The molecule has 2 aliphatic rings. The van der Waals surface area contributed by atoms with E-state index in [0.717, 1.165) is 35.8 Å². The van der Waals surface area contributed by atoms with Crippen molar-refractivity contribution in [3.05, 3.63) is 23.3 Å². The molecule has 0 atom stereocenters. The van der Waals surface area contributed by atoms with E-state index >= 15 is 0 Å². The summed E-state index contributed by atoms with van der Waals surface area (Å²) in [6.45, 7) is 3.95. The van der Waals surface area contributed by atoms with Gasteiger partial charge in [0.15, 0.2) is 11.5 Å². The van der Waals surface area contributed by atoms with Crippen LogP contribution >= 0.6 is 0 Å². The summed E-state index contributed by atoms with van der Waals surface area (Å²) in [6.07, 6.45) is 2.41. The second-order valence-corrected chi connectivity index (χ2v) is 5.11. The van der Waals surface area contributed by atoms with E-state index in [-0.39, 0.29) is 5.41 Å². The van der Waals surface area contributed by atoms with Crippen LogP contribution in [0.25, 0.3) is 0 Å². The molecule has 4 heteroatoms. The van der Waals surface area contributed by atoms with Gasteiger partial charge in [0.1, 0.15) is 0 Å². The van der Waals surface area contributed by atoms with E-state index < -0.39 is 0 Å². The largest absolute Gasteiger partial charge is 0.489 e. The predicted octanol–water partition coefficient (Wildman–Crippen LogP) is 1.94. The summed E-state index contributed by atoms with van der Waals surface area (Å²) in [7, 11) is 0. The molecular weight excluding hydrogens is 218 g/mol. The molecule has 3 rings (SSSR count). The van der Waals surface area contributed by atoms with Crippen molar-refractivity contribution in [2.24, 2.45) is 11.3 Å². The van der Waals surface area contributed by atoms with Crippen molar-refractivity contribution >= 4 is 0 Å². The van der Waals surface area contributed by atoms with E-state index in [0.29, 0.717) is 6.61 Å². The zero-order valence-electron chi connectivity index (χ0n) is 9.99. The number of hydrogen-bond acceptors (Lipinski definition) is 4. The van der Waals surface area contributed by atoms with E-state index in [1.54, 1.807) is 0 Å². The van der Waals surface area contributed by atoms with Crippen molar-refractivity contribution in [3.63, 3.8) is 0 Å². The highest BCUT2D eigenvalue weighted by Gasteiger charge is 2.46. The summed E-state index contributed by atoms with van der Waals surface area (Å²) >= 11 is 0. The molecule has 1 aliphatic carbocycles. The molecule has 1 fully saturated rings. The normalized spacial score (nSPS) is 20.1. The summed E-state index contributed by atoms with van der Waals surface area (Å²) in [5.41, 5.74) is 2.43. The lowest BCUT2D eigenvalue weighted by Gasteiger charge is -2.11. The maximum Gasteiger partial charge on any atom is 0.161 e. The second-order valence-electron chi connectivity index (χ2n) is 5.11. The van der Waals surface area contributed by atoms with E-state index in [2.05, 4.69) is 4.84 Å². The fraction of sp³-hybridized carbons (Fsp3) is 0.538. The fourth-order valence-corrected chi connectivity index (χ4v) is 2.14. The molecule has 0 unspecified atom stereocenters. The number of aryl methyl sites for hydroxylation is 1. The molecule has 0 amide bonds. The van der Waals surface area contributed by atoms with E-state index in [1.165, 1.54) is 12.8 Å². The summed E-state index contributed by atoms with van der Waals surface area (Å²) in [5.74, 6) is 6.77. The van der Waals surface area contributed by atoms with E-state index in [4.69, 9.17) is 15.4 Å². The fourth-order valence-electron chi connectivity index (χ4n) is 2.14. The lowest BCUT2D eigenvalue weighted by molar-refractivity contribution is 0.123. The minimum absolute atomic E-state index is 0.275. The van der Waals surface area contributed by atoms with Crippen LogP contribution < -0.4 is 15.4 Å². The van der Waals surface area contributed by atoms with Gasteiger partial charge in [-0.2, -0.15) is 0 Å². The Balaban J connectivity index is 1.90. The van der Waals surface area contributed by atoms with Crippen LogP contribution in [0.3, 0.4) is 0 Å². The molecule has 1 spiro atoms. The lowest BCUT2D eigenvalue weighted by atomic mass is 10.1. The average Bonchev–Trinajstić information content (AvgIpc) is 3.10. The van der Waals surface area contributed by atoms with E-state index in [1.807, 2.05) is 19.1 Å². The minimum atomic E-state index is 0.275. The first-order chi connectivity index (χ1) is 8.22. The number of hydrogen-bond donors (Lipinski definition) is 1. The Kier molecular flexibility index (Phi) is 2.49. The first kappa shape index (κ1) is 10.9. The van der Waals surface area contributed by atoms with Gasteiger partial charge in [-0.25, -0.2) is 5.90 Å². The molecule has 0 radical (unpaired) electrons. The standard InChI is InChI=1S/C13H17NO3/c1-9-4-11-12(5-10(9)6-17-14)16-8-13(2-3-13)7-15-11/h4-5H,2-3,6-8,14H2,1H3. The molecule has 1 aromatic rings. The van der Waals surface area contributed by atoms with Crippen LogP contribution in [0.15, 0.2) is 12.1 Å². The molecule has 1 aromatic carbocycles. The van der Waals surface area contributed by atoms with Gasteiger partial charge in [-0.15, -0.1) is 0 Å². The lowest BCUT2D eigenvalue weighted by Crippen LogP contribution is -2.17. The Labute approximate surface area is 101 Å². The molecule has 1 aliphatic heterocycles. The maximum absolute atomic E-state index is 5.85. The molecule has 4 nitrogen and oxygen atoms in total. The van der Waals surface area contributed by atoms with Gasteiger partial charge >= 0.3 is 0 Å². The Morgan fingerprint density at radius 2 is 1.88 bits per heavy atom. The smallest absolute Gasteiger partial charge is 0.161 e. The van der Waals surface area contributed by atoms with E-state index in [9.17, 15) is 0 Å². The third kappa shape index (κ3) is 1.98. The van der Waals surface area contributed by atoms with Crippen LogP contribution in [0.1, 0.15) is 24.0 Å². The quantitative estimate of drug-likeness (QED) is 0.796. The molecule has 0 aromatic heterocycles. The van der Waals surface area contributed by atoms with Crippen LogP contribution in [0.5, 0.6) is 11.5 Å². The third-order valence-corrected chi connectivity index (χ3v) is 3.67. The highest BCUT2D eigenvalue weighted by Crippen LogP contribution is 2.49. The summed E-state index contributed by atoms with van der Waals surface area (Å²) < 4.78 is 11.7. The van der Waals surface area contributed by atoms with Crippen molar-refractivity contribution in [2.45, 2.75) is 26.4 Å². The van der Waals surface area contributed by atoms with Gasteiger partial charge in [-0.3, -0.25) is 4.84 Å². The Hall–Kier alpha value is -1.26. The van der Waals surface area contributed by atoms with Crippen LogP contribution in [0.2, 0.25) is 0 Å². The van der Waals surface area contributed by atoms with Crippen LogP contribution in [0, 0.1) is 12.3 Å².